The maximum Gasteiger partial charge on any atom is 0.323 e. The van der Waals surface area contributed by atoms with Gasteiger partial charge in [0.05, 0.1) is 5.69 Å². The molecule has 0 aliphatic carbocycles. The molecule has 0 fully saturated rings. The Hall–Kier alpha value is -2.11. The zero-order valence-electron chi connectivity index (χ0n) is 10.6. The van der Waals surface area contributed by atoms with Gasteiger partial charge in [0.2, 0.25) is 0 Å². The summed E-state index contributed by atoms with van der Waals surface area (Å²) in [7, 11) is 0. The number of aromatic nitrogens is 3. The zero-order chi connectivity index (χ0) is 13.4. The van der Waals surface area contributed by atoms with E-state index in [4.69, 9.17) is 5.11 Å². The largest absolute Gasteiger partial charge is 0.480 e. The second-order valence-corrected chi connectivity index (χ2v) is 4.25. The number of carboxylic acids is 1. The summed E-state index contributed by atoms with van der Waals surface area (Å²) in [6.07, 6.45) is 0. The lowest BCUT2D eigenvalue weighted by Gasteiger charge is -2.08. The Labute approximate surface area is 103 Å². The number of carboxylic acid groups (broad SMARTS) is 1. The SMILES string of the molecule is CCn1nc(C)c2c(C)cc(=O)n(CC(=O)O)c21. The van der Waals surface area contributed by atoms with E-state index in [1.54, 1.807) is 4.68 Å². The van der Waals surface area contributed by atoms with E-state index < -0.39 is 5.97 Å². The molecular weight excluding hydrogens is 234 g/mol. The summed E-state index contributed by atoms with van der Waals surface area (Å²) in [6.45, 7) is 5.85. The highest BCUT2D eigenvalue weighted by Crippen LogP contribution is 2.20. The van der Waals surface area contributed by atoms with Crippen LogP contribution >= 0.6 is 0 Å². The average Bonchev–Trinajstić information content (AvgIpc) is 2.61. The number of rotatable bonds is 3. The maximum atomic E-state index is 11.9. The van der Waals surface area contributed by atoms with E-state index >= 15 is 0 Å². The zero-order valence-corrected chi connectivity index (χ0v) is 10.6. The number of pyridine rings is 1. The topological polar surface area (TPSA) is 77.1 Å². The van der Waals surface area contributed by atoms with Crippen LogP contribution in [0.5, 0.6) is 0 Å². The van der Waals surface area contributed by atoms with Gasteiger partial charge in [0, 0.05) is 18.0 Å². The van der Waals surface area contributed by atoms with Crippen molar-refractivity contribution in [3.8, 4) is 0 Å². The predicted octanol–water partition coefficient (Wildman–Crippen LogP) is 0.919. The van der Waals surface area contributed by atoms with Crippen LogP contribution in [0.3, 0.4) is 0 Å². The number of fused-ring (bicyclic) bond motifs is 1. The van der Waals surface area contributed by atoms with Gasteiger partial charge in [-0.05, 0) is 26.3 Å². The van der Waals surface area contributed by atoms with Gasteiger partial charge in [0.25, 0.3) is 5.56 Å². The Morgan fingerprint density at radius 2 is 2.11 bits per heavy atom. The molecule has 6 nitrogen and oxygen atoms in total. The van der Waals surface area contributed by atoms with Gasteiger partial charge in [-0.1, -0.05) is 0 Å². The second kappa shape index (κ2) is 4.29. The molecule has 0 unspecified atom stereocenters. The number of carbonyl (C=O) groups is 1. The van der Waals surface area contributed by atoms with Gasteiger partial charge in [-0.2, -0.15) is 5.10 Å². The summed E-state index contributed by atoms with van der Waals surface area (Å²) >= 11 is 0. The van der Waals surface area contributed by atoms with Crippen LogP contribution in [0.4, 0.5) is 0 Å². The van der Waals surface area contributed by atoms with Crippen LogP contribution in [0.2, 0.25) is 0 Å². The normalized spacial score (nSPS) is 11.1. The van der Waals surface area contributed by atoms with E-state index in [2.05, 4.69) is 5.10 Å². The number of aryl methyl sites for hydroxylation is 3. The van der Waals surface area contributed by atoms with E-state index in [0.29, 0.717) is 12.2 Å². The van der Waals surface area contributed by atoms with Crippen LogP contribution in [0.15, 0.2) is 10.9 Å². The Kier molecular flexibility index (Phi) is 2.94. The first-order valence-corrected chi connectivity index (χ1v) is 5.75. The van der Waals surface area contributed by atoms with Crippen LogP contribution in [0.25, 0.3) is 11.0 Å². The summed E-state index contributed by atoms with van der Waals surface area (Å²) in [5.74, 6) is -1.04. The van der Waals surface area contributed by atoms with Crippen molar-refractivity contribution in [2.45, 2.75) is 33.9 Å². The first-order valence-electron chi connectivity index (χ1n) is 5.75. The molecule has 0 saturated carbocycles. The molecule has 0 spiro atoms. The Balaban J connectivity index is 2.91. The van der Waals surface area contributed by atoms with Crippen molar-refractivity contribution in [2.24, 2.45) is 0 Å². The fourth-order valence-corrected chi connectivity index (χ4v) is 2.25. The molecule has 0 amide bonds. The number of hydrogen-bond acceptors (Lipinski definition) is 3. The van der Waals surface area contributed by atoms with E-state index in [0.717, 1.165) is 16.6 Å². The van der Waals surface area contributed by atoms with Crippen molar-refractivity contribution < 1.29 is 9.90 Å². The standard InChI is InChI=1S/C12H15N3O3/c1-4-15-12-11(8(3)13-15)7(2)5-9(16)14(12)6-10(17)18/h5H,4,6H2,1-3H3,(H,17,18). The molecule has 0 aromatic carbocycles. The third-order valence-corrected chi connectivity index (χ3v) is 2.95. The van der Waals surface area contributed by atoms with E-state index in [1.807, 2.05) is 20.8 Å². The molecule has 18 heavy (non-hydrogen) atoms. The minimum absolute atomic E-state index is 0.308. The summed E-state index contributed by atoms with van der Waals surface area (Å²) in [5, 5.41) is 14.1. The lowest BCUT2D eigenvalue weighted by molar-refractivity contribution is -0.137. The molecule has 6 heteroatoms. The van der Waals surface area contributed by atoms with Gasteiger partial charge in [-0.3, -0.25) is 14.2 Å². The molecule has 2 aromatic rings. The number of nitrogens with zero attached hydrogens (tertiary/aromatic N) is 3. The Morgan fingerprint density at radius 1 is 1.44 bits per heavy atom. The van der Waals surface area contributed by atoms with E-state index in [1.165, 1.54) is 10.6 Å². The average molecular weight is 249 g/mol. The molecule has 0 aliphatic rings. The first-order chi connectivity index (χ1) is 8.45. The summed E-state index contributed by atoms with van der Waals surface area (Å²) in [5.41, 5.74) is 1.91. The maximum absolute atomic E-state index is 11.9. The third kappa shape index (κ3) is 1.79. The highest BCUT2D eigenvalue weighted by molar-refractivity contribution is 5.83. The summed E-state index contributed by atoms with van der Waals surface area (Å²) in [4.78, 5) is 22.8. The molecule has 2 rings (SSSR count). The predicted molar refractivity (Wildman–Crippen MR) is 66.8 cm³/mol. The van der Waals surface area contributed by atoms with Gasteiger partial charge >= 0.3 is 5.97 Å². The van der Waals surface area contributed by atoms with Gasteiger partial charge in [-0.15, -0.1) is 0 Å². The molecule has 0 saturated heterocycles. The quantitative estimate of drug-likeness (QED) is 0.877. The summed E-state index contributed by atoms with van der Waals surface area (Å²) in [6, 6.07) is 1.46. The molecule has 2 heterocycles. The van der Waals surface area contributed by atoms with Crippen molar-refractivity contribution in [2.75, 3.05) is 0 Å². The van der Waals surface area contributed by atoms with Crippen molar-refractivity contribution in [1.29, 1.82) is 0 Å². The van der Waals surface area contributed by atoms with Crippen molar-refractivity contribution in [1.82, 2.24) is 14.3 Å². The second-order valence-electron chi connectivity index (χ2n) is 4.25. The van der Waals surface area contributed by atoms with Gasteiger partial charge in [0.15, 0.2) is 0 Å². The van der Waals surface area contributed by atoms with Crippen molar-refractivity contribution >= 4 is 17.0 Å². The molecular formula is C12H15N3O3. The van der Waals surface area contributed by atoms with Crippen LogP contribution in [-0.2, 0) is 17.9 Å². The Morgan fingerprint density at radius 3 is 2.67 bits per heavy atom. The van der Waals surface area contributed by atoms with Crippen molar-refractivity contribution in [3.63, 3.8) is 0 Å². The van der Waals surface area contributed by atoms with Crippen LogP contribution in [0.1, 0.15) is 18.2 Å². The van der Waals surface area contributed by atoms with E-state index in [-0.39, 0.29) is 12.1 Å². The van der Waals surface area contributed by atoms with Gasteiger partial charge in [0.1, 0.15) is 12.2 Å². The fourth-order valence-electron chi connectivity index (χ4n) is 2.25. The number of aliphatic carboxylic acids is 1. The molecule has 2 aromatic heterocycles. The van der Waals surface area contributed by atoms with Crippen LogP contribution in [0, 0.1) is 13.8 Å². The monoisotopic (exact) mass is 249 g/mol. The van der Waals surface area contributed by atoms with Gasteiger partial charge < -0.3 is 5.11 Å². The highest BCUT2D eigenvalue weighted by Gasteiger charge is 2.16. The lowest BCUT2D eigenvalue weighted by Crippen LogP contribution is -2.25. The molecule has 96 valence electrons. The Bertz CT molecular complexity index is 682. The molecule has 0 aliphatic heterocycles. The van der Waals surface area contributed by atoms with Crippen molar-refractivity contribution in [3.05, 3.63) is 27.7 Å². The lowest BCUT2D eigenvalue weighted by atomic mass is 10.1. The highest BCUT2D eigenvalue weighted by atomic mass is 16.4. The molecule has 0 bridgehead atoms. The smallest absolute Gasteiger partial charge is 0.323 e. The minimum Gasteiger partial charge on any atom is -0.480 e. The van der Waals surface area contributed by atoms with Crippen LogP contribution in [-0.4, -0.2) is 25.4 Å². The van der Waals surface area contributed by atoms with Gasteiger partial charge in [-0.25, -0.2) is 4.68 Å². The summed E-state index contributed by atoms with van der Waals surface area (Å²) < 4.78 is 2.93. The molecule has 0 atom stereocenters. The third-order valence-electron chi connectivity index (χ3n) is 2.95. The fraction of sp³-hybridized carbons (Fsp3) is 0.417. The first kappa shape index (κ1) is 12.3. The van der Waals surface area contributed by atoms with Crippen LogP contribution < -0.4 is 5.56 Å². The minimum atomic E-state index is -1.04. The molecule has 1 N–H and O–H groups in total. The number of hydrogen-bond donors (Lipinski definition) is 1. The van der Waals surface area contributed by atoms with E-state index in [9.17, 15) is 9.59 Å². The molecule has 0 radical (unpaired) electrons.